The molecule has 3 nitrogen and oxygen atoms in total. The molecule has 0 unspecified atom stereocenters. The van der Waals surface area contributed by atoms with Crippen LogP contribution in [0.5, 0.6) is 0 Å². The number of hydrogen-bond donors (Lipinski definition) is 0. The van der Waals surface area contributed by atoms with Gasteiger partial charge in [-0.2, -0.15) is 0 Å². The van der Waals surface area contributed by atoms with Gasteiger partial charge in [-0.05, 0) is 61.0 Å². The minimum absolute atomic E-state index is 0.639. The Labute approximate surface area is 291 Å². The fraction of sp³-hybridized carbons (Fsp3) is 0. The van der Waals surface area contributed by atoms with Gasteiger partial charge >= 0.3 is 0 Å². The van der Waals surface area contributed by atoms with Gasteiger partial charge in [0.15, 0.2) is 17.5 Å². The first-order valence-corrected chi connectivity index (χ1v) is 16.9. The Morgan fingerprint density at radius 2 is 0.540 bits per heavy atom. The van der Waals surface area contributed by atoms with Gasteiger partial charge in [0.2, 0.25) is 0 Å². The van der Waals surface area contributed by atoms with Crippen molar-refractivity contribution in [2.24, 2.45) is 0 Å². The van der Waals surface area contributed by atoms with Crippen LogP contribution in [0.25, 0.3) is 89.1 Å². The van der Waals surface area contributed by atoms with E-state index in [-0.39, 0.29) is 0 Å². The van der Waals surface area contributed by atoms with Gasteiger partial charge in [-0.15, -0.1) is 0 Å². The van der Waals surface area contributed by atoms with Crippen LogP contribution in [0.1, 0.15) is 0 Å². The van der Waals surface area contributed by atoms with Crippen LogP contribution in [-0.4, -0.2) is 15.0 Å². The topological polar surface area (TPSA) is 38.7 Å². The van der Waals surface area contributed by atoms with Crippen molar-refractivity contribution < 1.29 is 0 Å². The maximum absolute atomic E-state index is 5.06. The van der Waals surface area contributed by atoms with Crippen molar-refractivity contribution >= 4 is 21.5 Å². The van der Waals surface area contributed by atoms with Crippen LogP contribution in [0.2, 0.25) is 0 Å². The molecule has 9 rings (SSSR count). The van der Waals surface area contributed by atoms with Crippen molar-refractivity contribution in [3.05, 3.63) is 188 Å². The zero-order valence-corrected chi connectivity index (χ0v) is 27.2. The second kappa shape index (κ2) is 12.7. The summed E-state index contributed by atoms with van der Waals surface area (Å²) in [4.78, 5) is 15.0. The molecule has 0 saturated heterocycles. The minimum atomic E-state index is 0.639. The van der Waals surface area contributed by atoms with Gasteiger partial charge in [0.25, 0.3) is 0 Å². The summed E-state index contributed by atoms with van der Waals surface area (Å²) >= 11 is 0. The minimum Gasteiger partial charge on any atom is -0.208 e. The first-order valence-electron chi connectivity index (χ1n) is 16.9. The van der Waals surface area contributed by atoms with Gasteiger partial charge in [0.05, 0.1) is 0 Å². The Balaban J connectivity index is 1.18. The van der Waals surface area contributed by atoms with Crippen molar-refractivity contribution in [1.82, 2.24) is 15.0 Å². The molecule has 0 fully saturated rings. The molecule has 1 aromatic heterocycles. The normalized spacial score (nSPS) is 11.2. The Bertz CT molecular complexity index is 2560. The summed E-state index contributed by atoms with van der Waals surface area (Å²) in [6, 6.07) is 65.8. The lowest BCUT2D eigenvalue weighted by molar-refractivity contribution is 1.07. The van der Waals surface area contributed by atoms with Crippen molar-refractivity contribution in [1.29, 1.82) is 0 Å². The van der Waals surface area contributed by atoms with Crippen molar-refractivity contribution in [3.8, 4) is 67.5 Å². The Morgan fingerprint density at radius 3 is 1.04 bits per heavy atom. The smallest absolute Gasteiger partial charge is 0.164 e. The lowest BCUT2D eigenvalue weighted by Gasteiger charge is -2.18. The molecule has 3 heteroatoms. The average Bonchev–Trinajstić information content (AvgIpc) is 3.21. The SMILES string of the molecule is c1ccc(-c2cccc(-c3nc(-c4ccccc4)nc(-c4ccc(-c5c6ccccc6c(-c6ccccc6)c6ccccc56)cc4)n3)c2)cc1. The second-order valence-corrected chi connectivity index (χ2v) is 12.4. The van der Waals surface area contributed by atoms with Crippen molar-refractivity contribution in [2.45, 2.75) is 0 Å². The molecule has 9 aromatic rings. The van der Waals surface area contributed by atoms with E-state index in [1.807, 2.05) is 36.4 Å². The van der Waals surface area contributed by atoms with Crippen LogP contribution in [0.15, 0.2) is 188 Å². The third kappa shape index (κ3) is 5.41. The predicted octanol–water partition coefficient (Wildman–Crippen LogP) is 12.2. The van der Waals surface area contributed by atoms with Crippen LogP contribution in [-0.2, 0) is 0 Å². The van der Waals surface area contributed by atoms with Gasteiger partial charge in [0.1, 0.15) is 0 Å². The number of hydrogen-bond acceptors (Lipinski definition) is 3. The predicted molar refractivity (Wildman–Crippen MR) is 207 cm³/mol. The van der Waals surface area contributed by atoms with Gasteiger partial charge in [-0.25, -0.2) is 15.0 Å². The molecule has 0 aliphatic rings. The van der Waals surface area contributed by atoms with E-state index in [0.717, 1.165) is 33.4 Å². The van der Waals surface area contributed by atoms with Crippen LogP contribution < -0.4 is 0 Å². The maximum atomic E-state index is 5.06. The first kappa shape index (κ1) is 29.4. The highest BCUT2D eigenvalue weighted by Crippen LogP contribution is 2.43. The van der Waals surface area contributed by atoms with E-state index in [1.165, 1.54) is 38.2 Å². The highest BCUT2D eigenvalue weighted by Gasteiger charge is 2.17. The van der Waals surface area contributed by atoms with Crippen LogP contribution in [0, 0.1) is 0 Å². The molecule has 0 amide bonds. The fourth-order valence-corrected chi connectivity index (χ4v) is 6.96. The van der Waals surface area contributed by atoms with Gasteiger partial charge in [-0.1, -0.05) is 182 Å². The average molecular weight is 638 g/mol. The molecule has 234 valence electrons. The van der Waals surface area contributed by atoms with E-state index in [2.05, 4.69) is 152 Å². The van der Waals surface area contributed by atoms with Crippen molar-refractivity contribution in [2.75, 3.05) is 0 Å². The quantitative estimate of drug-likeness (QED) is 0.170. The standard InChI is InChI=1S/C47H31N3/c1-4-15-32(16-5-1)37-21-14-22-38(31-37)47-49-45(35-19-8-3-9-20-35)48-46(50-47)36-29-27-34(28-30-36)44-41-25-12-10-23-39(41)43(33-17-6-2-7-18-33)40-24-11-13-26-42(40)44/h1-31H. The summed E-state index contributed by atoms with van der Waals surface area (Å²) in [6.07, 6.45) is 0. The highest BCUT2D eigenvalue weighted by atomic mass is 15.0. The third-order valence-corrected chi connectivity index (χ3v) is 9.32. The third-order valence-electron chi connectivity index (χ3n) is 9.32. The van der Waals surface area contributed by atoms with Crippen molar-refractivity contribution in [3.63, 3.8) is 0 Å². The van der Waals surface area contributed by atoms with Gasteiger partial charge < -0.3 is 0 Å². The highest BCUT2D eigenvalue weighted by molar-refractivity contribution is 6.21. The summed E-state index contributed by atoms with van der Waals surface area (Å²) in [5.41, 5.74) is 9.95. The Kier molecular flexibility index (Phi) is 7.49. The summed E-state index contributed by atoms with van der Waals surface area (Å²) < 4.78 is 0. The fourth-order valence-electron chi connectivity index (χ4n) is 6.96. The second-order valence-electron chi connectivity index (χ2n) is 12.4. The molecule has 0 saturated carbocycles. The van der Waals surface area contributed by atoms with Gasteiger partial charge in [0, 0.05) is 16.7 Å². The molecule has 0 radical (unpaired) electrons. The lowest BCUT2D eigenvalue weighted by Crippen LogP contribution is -2.00. The molecule has 0 atom stereocenters. The zero-order valence-electron chi connectivity index (χ0n) is 27.2. The van der Waals surface area contributed by atoms with E-state index >= 15 is 0 Å². The van der Waals surface area contributed by atoms with E-state index in [0.29, 0.717) is 17.5 Å². The van der Waals surface area contributed by atoms with Crippen LogP contribution >= 0.6 is 0 Å². The molecule has 50 heavy (non-hydrogen) atoms. The summed E-state index contributed by atoms with van der Waals surface area (Å²) in [6.45, 7) is 0. The number of aromatic nitrogens is 3. The maximum Gasteiger partial charge on any atom is 0.164 e. The largest absolute Gasteiger partial charge is 0.208 e. The van der Waals surface area contributed by atoms with E-state index in [9.17, 15) is 0 Å². The summed E-state index contributed by atoms with van der Waals surface area (Å²) in [7, 11) is 0. The summed E-state index contributed by atoms with van der Waals surface area (Å²) in [5.74, 6) is 1.93. The first-order chi connectivity index (χ1) is 24.8. The molecule has 1 heterocycles. The molecule has 0 spiro atoms. The van der Waals surface area contributed by atoms with E-state index in [4.69, 9.17) is 15.0 Å². The Hall–Kier alpha value is -6.71. The number of rotatable bonds is 6. The molecule has 0 aliphatic heterocycles. The molecule has 8 aromatic carbocycles. The van der Waals surface area contributed by atoms with Crippen LogP contribution in [0.4, 0.5) is 0 Å². The molecule has 0 aliphatic carbocycles. The van der Waals surface area contributed by atoms with E-state index in [1.54, 1.807) is 0 Å². The van der Waals surface area contributed by atoms with Crippen LogP contribution in [0.3, 0.4) is 0 Å². The lowest BCUT2D eigenvalue weighted by atomic mass is 9.86. The molecular formula is C47H31N3. The number of nitrogens with zero attached hydrogens (tertiary/aromatic N) is 3. The number of benzene rings is 8. The number of fused-ring (bicyclic) bond motifs is 2. The monoisotopic (exact) mass is 637 g/mol. The molecular weight excluding hydrogens is 607 g/mol. The molecule has 0 N–H and O–H groups in total. The van der Waals surface area contributed by atoms with Gasteiger partial charge in [-0.3, -0.25) is 0 Å². The molecule has 0 bridgehead atoms. The van der Waals surface area contributed by atoms with E-state index < -0.39 is 0 Å². The zero-order chi connectivity index (χ0) is 33.3. The Morgan fingerprint density at radius 1 is 0.220 bits per heavy atom. The summed E-state index contributed by atoms with van der Waals surface area (Å²) in [5, 5.41) is 4.93.